The topological polar surface area (TPSA) is 237 Å². The first-order valence-electron chi connectivity index (χ1n) is 22.3. The molecule has 0 spiro atoms. The van der Waals surface area contributed by atoms with Gasteiger partial charge in [0.1, 0.15) is 12.1 Å². The van der Waals surface area contributed by atoms with E-state index in [0.29, 0.717) is 36.8 Å². The van der Waals surface area contributed by atoms with Gasteiger partial charge < -0.3 is 41.8 Å². The van der Waals surface area contributed by atoms with Crippen molar-refractivity contribution in [1.82, 2.24) is 10.6 Å². The zero-order valence-corrected chi connectivity index (χ0v) is 40.4. The minimum Gasteiger partial charge on any atom is -0.480 e. The van der Waals surface area contributed by atoms with E-state index in [-0.39, 0.29) is 37.5 Å². The van der Waals surface area contributed by atoms with Crippen LogP contribution < -0.4 is 22.1 Å². The molecule has 4 atom stereocenters. The number of nitrogens with two attached hydrogens (primary N) is 2. The van der Waals surface area contributed by atoms with Gasteiger partial charge in [-0.2, -0.15) is 0 Å². The van der Waals surface area contributed by atoms with Gasteiger partial charge in [0.2, 0.25) is 0 Å². The summed E-state index contributed by atoms with van der Waals surface area (Å²) in [5.74, 6) is -2.69. The summed E-state index contributed by atoms with van der Waals surface area (Å²) >= 11 is 0. The van der Waals surface area contributed by atoms with Crippen LogP contribution in [0.5, 0.6) is 0 Å². The van der Waals surface area contributed by atoms with E-state index in [0.717, 1.165) is 33.4 Å². The fourth-order valence-corrected chi connectivity index (χ4v) is 7.37. The molecule has 2 aliphatic carbocycles. The second kappa shape index (κ2) is 26.7. The minimum atomic E-state index is -1.10. The van der Waals surface area contributed by atoms with Crippen molar-refractivity contribution < 1.29 is 48.5 Å². The standard InChI is InChI=1S/C52H72N4O10/c1-33(19-13-21-35(3)25-27-39-37(5)45(57)43(31-51(39,7)8)65-49(63)55-29-15-23-41(53)47(59)60)17-11-12-18-34(2)20-14-22-36(4)26-28-40-38(6)46(58)44(32-52(40,9)10)66-50(64)56-30-16-24-42(54)48(61)62/h11-14,17-22,25-28,41-44H,15-16,23-24,29-32,53-54H2,1-10H3,(H,55,63)(H,56,64)(H,59,60)(H,61,62). The third-order valence-electron chi connectivity index (χ3n) is 11.3. The monoisotopic (exact) mass is 913 g/mol. The molecule has 0 aromatic rings. The highest BCUT2D eigenvalue weighted by Gasteiger charge is 2.41. The number of ketones is 2. The van der Waals surface area contributed by atoms with Gasteiger partial charge in [-0.15, -0.1) is 0 Å². The fraction of sp³-hybridized carbons (Fsp3) is 0.462. The Kier molecular flexibility index (Phi) is 22.7. The van der Waals surface area contributed by atoms with Gasteiger partial charge in [0.05, 0.1) is 0 Å². The molecule has 0 radical (unpaired) electrons. The summed E-state index contributed by atoms with van der Waals surface area (Å²) in [6, 6.07) is -2.00. The van der Waals surface area contributed by atoms with Crippen LogP contribution in [0.1, 0.15) is 108 Å². The van der Waals surface area contributed by atoms with Crippen molar-refractivity contribution in [3.05, 3.63) is 130 Å². The first kappa shape index (κ1) is 56.0. The summed E-state index contributed by atoms with van der Waals surface area (Å²) in [7, 11) is 0. The zero-order valence-electron chi connectivity index (χ0n) is 40.4. The molecule has 4 unspecified atom stereocenters. The smallest absolute Gasteiger partial charge is 0.407 e. The summed E-state index contributed by atoms with van der Waals surface area (Å²) in [5, 5.41) is 22.9. The lowest BCUT2D eigenvalue weighted by Crippen LogP contribution is -2.41. The number of carbonyl (C=O) groups is 6. The lowest BCUT2D eigenvalue weighted by molar-refractivity contribution is -0.139. The molecule has 0 saturated heterocycles. The number of nitrogens with one attached hydrogen (secondary N) is 2. The number of alkyl carbamates (subject to hydrolysis) is 2. The molecule has 14 nitrogen and oxygen atoms in total. The van der Waals surface area contributed by atoms with Gasteiger partial charge in [0.15, 0.2) is 23.8 Å². The molecule has 66 heavy (non-hydrogen) atoms. The number of amides is 2. The third-order valence-corrected chi connectivity index (χ3v) is 11.3. The van der Waals surface area contributed by atoms with Gasteiger partial charge in [0, 0.05) is 25.9 Å². The van der Waals surface area contributed by atoms with Crippen molar-refractivity contribution in [2.75, 3.05) is 13.1 Å². The Labute approximate surface area is 390 Å². The SMILES string of the molecule is CC(C=CC=C(C)C=CC1=C(C)C(=O)C(OC(=O)NCCCC(N)C(=O)O)CC1(C)C)=CC=CC=C(C)C=CC=C(C)C=CC1=C(C)C(=O)C(OC(=O)NCCCC(N)C(=O)O)CC1(C)C. The molecule has 2 rings (SSSR count). The summed E-state index contributed by atoms with van der Waals surface area (Å²) in [5.41, 5.74) is 17.0. The van der Waals surface area contributed by atoms with Crippen LogP contribution in [-0.4, -0.2) is 83.3 Å². The van der Waals surface area contributed by atoms with E-state index in [4.69, 9.17) is 31.2 Å². The number of ether oxygens (including phenoxy) is 2. The Morgan fingerprint density at radius 2 is 0.924 bits per heavy atom. The molecule has 0 aromatic heterocycles. The lowest BCUT2D eigenvalue weighted by atomic mass is 9.71. The van der Waals surface area contributed by atoms with Gasteiger partial charge in [-0.1, -0.05) is 135 Å². The molecule has 0 aliphatic heterocycles. The van der Waals surface area contributed by atoms with Crippen molar-refractivity contribution in [1.29, 1.82) is 0 Å². The molecular weight excluding hydrogens is 841 g/mol. The lowest BCUT2D eigenvalue weighted by Gasteiger charge is -2.36. The van der Waals surface area contributed by atoms with Gasteiger partial charge in [-0.25, -0.2) is 9.59 Å². The molecule has 2 aliphatic rings. The Hall–Kier alpha value is -6.12. The summed E-state index contributed by atoms with van der Waals surface area (Å²) in [6.07, 6.45) is 26.2. The highest BCUT2D eigenvalue weighted by atomic mass is 16.6. The second-order valence-electron chi connectivity index (χ2n) is 18.2. The van der Waals surface area contributed by atoms with E-state index in [1.807, 2.05) is 140 Å². The molecule has 360 valence electrons. The second-order valence-corrected chi connectivity index (χ2v) is 18.2. The molecule has 0 saturated carbocycles. The number of carbonyl (C=O) groups excluding carboxylic acids is 4. The van der Waals surface area contributed by atoms with Gasteiger partial charge >= 0.3 is 24.1 Å². The first-order chi connectivity index (χ1) is 30.9. The molecule has 0 aromatic carbocycles. The van der Waals surface area contributed by atoms with E-state index in [9.17, 15) is 28.8 Å². The number of rotatable bonds is 22. The van der Waals surface area contributed by atoms with E-state index in [2.05, 4.69) is 10.6 Å². The highest BCUT2D eigenvalue weighted by Crippen LogP contribution is 2.42. The van der Waals surface area contributed by atoms with Crippen LogP contribution in [-0.2, 0) is 28.7 Å². The van der Waals surface area contributed by atoms with Crippen LogP contribution in [0.15, 0.2) is 130 Å². The molecule has 0 heterocycles. The van der Waals surface area contributed by atoms with Gasteiger partial charge in [-0.05, 0) is 100 Å². The number of carboxylic acids is 2. The normalized spacial score (nSPS) is 20.8. The quantitative estimate of drug-likeness (QED) is 0.0442. The van der Waals surface area contributed by atoms with E-state index >= 15 is 0 Å². The van der Waals surface area contributed by atoms with Crippen LogP contribution in [0.4, 0.5) is 9.59 Å². The van der Waals surface area contributed by atoms with Crippen molar-refractivity contribution in [3.8, 4) is 0 Å². The number of hydrogen-bond donors (Lipinski definition) is 6. The van der Waals surface area contributed by atoms with E-state index < -0.39 is 59.2 Å². The maximum Gasteiger partial charge on any atom is 0.407 e. The molecule has 8 N–H and O–H groups in total. The van der Waals surface area contributed by atoms with Crippen molar-refractivity contribution in [2.24, 2.45) is 22.3 Å². The Morgan fingerprint density at radius 3 is 1.26 bits per heavy atom. The number of Topliss-reactive ketones (excluding diaryl/α,β-unsaturated/α-hetero) is 2. The highest BCUT2D eigenvalue weighted by molar-refractivity contribution is 6.02. The molecular formula is C52H72N4O10. The largest absolute Gasteiger partial charge is 0.480 e. The van der Waals surface area contributed by atoms with Gasteiger partial charge in [-0.3, -0.25) is 19.2 Å². The first-order valence-corrected chi connectivity index (χ1v) is 22.3. The Balaban J connectivity index is 1.93. The van der Waals surface area contributed by atoms with Gasteiger partial charge in [0.25, 0.3) is 0 Å². The summed E-state index contributed by atoms with van der Waals surface area (Å²) < 4.78 is 10.9. The average molecular weight is 913 g/mol. The number of carboxylic acid groups (broad SMARTS) is 2. The summed E-state index contributed by atoms with van der Waals surface area (Å²) in [6.45, 7) is 19.9. The fourth-order valence-electron chi connectivity index (χ4n) is 7.37. The van der Waals surface area contributed by atoms with Crippen LogP contribution in [0.3, 0.4) is 0 Å². The van der Waals surface area contributed by atoms with Crippen molar-refractivity contribution >= 4 is 35.7 Å². The van der Waals surface area contributed by atoms with E-state index in [1.54, 1.807) is 13.8 Å². The van der Waals surface area contributed by atoms with Crippen molar-refractivity contribution in [2.45, 2.75) is 132 Å². The molecule has 0 fully saturated rings. The number of hydrogen-bond acceptors (Lipinski definition) is 10. The predicted octanol–water partition coefficient (Wildman–Crippen LogP) is 8.76. The van der Waals surface area contributed by atoms with Crippen LogP contribution in [0.2, 0.25) is 0 Å². The van der Waals surface area contributed by atoms with Crippen molar-refractivity contribution in [3.63, 3.8) is 0 Å². The zero-order chi connectivity index (χ0) is 49.8. The average Bonchev–Trinajstić information content (AvgIpc) is 3.22. The molecule has 2 amide bonds. The van der Waals surface area contributed by atoms with Crippen LogP contribution >= 0.6 is 0 Å². The molecule has 0 bridgehead atoms. The maximum absolute atomic E-state index is 13.2. The number of aliphatic carboxylic acids is 2. The number of allylic oxidation sites excluding steroid dienone is 20. The predicted molar refractivity (Wildman–Crippen MR) is 259 cm³/mol. The maximum atomic E-state index is 13.2. The summed E-state index contributed by atoms with van der Waals surface area (Å²) in [4.78, 5) is 72.8. The third kappa shape index (κ3) is 19.2. The van der Waals surface area contributed by atoms with Crippen LogP contribution in [0.25, 0.3) is 0 Å². The Bertz CT molecular complexity index is 2010. The van der Waals surface area contributed by atoms with E-state index in [1.165, 1.54) is 0 Å². The Morgan fingerprint density at radius 1 is 0.606 bits per heavy atom. The van der Waals surface area contributed by atoms with Crippen LogP contribution in [0, 0.1) is 10.8 Å². The molecule has 14 heteroatoms. The minimum absolute atomic E-state index is 0.188.